The summed E-state index contributed by atoms with van der Waals surface area (Å²) in [5, 5.41) is 2.70. The van der Waals surface area contributed by atoms with Gasteiger partial charge < -0.3 is 11.1 Å². The summed E-state index contributed by atoms with van der Waals surface area (Å²) in [5.41, 5.74) is 7.66. The molecular formula is C15H18BrN3O. The van der Waals surface area contributed by atoms with E-state index >= 15 is 0 Å². The maximum atomic E-state index is 12.0. The van der Waals surface area contributed by atoms with Crippen LogP contribution in [0.25, 0.3) is 0 Å². The number of nitrogens with one attached hydrogen (secondary N) is 1. The number of nitrogens with zero attached hydrogens (tertiary/aromatic N) is 1. The van der Waals surface area contributed by atoms with Crippen LogP contribution in [0, 0.1) is 6.92 Å². The van der Waals surface area contributed by atoms with E-state index in [9.17, 15) is 4.79 Å². The molecule has 106 valence electrons. The number of benzene rings is 1. The Kier molecular flexibility index (Phi) is 6.18. The van der Waals surface area contributed by atoms with Crippen LogP contribution in [0.15, 0.2) is 41.0 Å². The Bertz CT molecular complexity index is 582. The van der Waals surface area contributed by atoms with Gasteiger partial charge in [0.2, 0.25) is 0 Å². The lowest BCUT2D eigenvalue weighted by atomic mass is 10.1. The van der Waals surface area contributed by atoms with Gasteiger partial charge in [-0.25, -0.2) is 4.98 Å². The highest BCUT2D eigenvalue weighted by Gasteiger charge is 2.10. The van der Waals surface area contributed by atoms with Crippen molar-refractivity contribution in [3.05, 3.63) is 52.1 Å². The summed E-state index contributed by atoms with van der Waals surface area (Å²) in [4.78, 5) is 16.1. The van der Waals surface area contributed by atoms with Crippen LogP contribution in [0.2, 0.25) is 0 Å². The van der Waals surface area contributed by atoms with Gasteiger partial charge in [0.05, 0.1) is 5.56 Å². The van der Waals surface area contributed by atoms with Gasteiger partial charge in [0, 0.05) is 16.4 Å². The standard InChI is InChI=1S/C13H12BrN3O.C2H6/c1-8-2-5-12(16-7-8)17-13(18)10-6-9(14)3-4-11(10)15;1-2/h2-7H,15H2,1H3,(H,16,17,18);1-2H3. The third-order valence-electron chi connectivity index (χ3n) is 2.41. The molecule has 0 aliphatic carbocycles. The third kappa shape index (κ3) is 4.35. The van der Waals surface area contributed by atoms with Gasteiger partial charge in [0.15, 0.2) is 0 Å². The second-order valence-electron chi connectivity index (χ2n) is 3.91. The average molecular weight is 336 g/mol. The topological polar surface area (TPSA) is 68.0 Å². The van der Waals surface area contributed by atoms with E-state index in [-0.39, 0.29) is 5.91 Å². The SMILES string of the molecule is CC.Cc1ccc(NC(=O)c2cc(Br)ccc2N)nc1. The molecule has 20 heavy (non-hydrogen) atoms. The molecule has 1 heterocycles. The summed E-state index contributed by atoms with van der Waals surface area (Å²) in [5.74, 6) is 0.232. The molecule has 0 unspecified atom stereocenters. The van der Waals surface area contributed by atoms with Crippen LogP contribution in [-0.2, 0) is 0 Å². The van der Waals surface area contributed by atoms with Crippen molar-refractivity contribution in [1.82, 2.24) is 4.98 Å². The third-order valence-corrected chi connectivity index (χ3v) is 2.91. The van der Waals surface area contributed by atoms with Crippen LogP contribution in [0.3, 0.4) is 0 Å². The van der Waals surface area contributed by atoms with E-state index in [4.69, 9.17) is 5.73 Å². The highest BCUT2D eigenvalue weighted by Crippen LogP contribution is 2.19. The highest BCUT2D eigenvalue weighted by atomic mass is 79.9. The summed E-state index contributed by atoms with van der Waals surface area (Å²) in [7, 11) is 0. The van der Waals surface area contributed by atoms with Gasteiger partial charge in [0.25, 0.3) is 5.91 Å². The van der Waals surface area contributed by atoms with Crippen LogP contribution in [0.5, 0.6) is 0 Å². The summed E-state index contributed by atoms with van der Waals surface area (Å²) in [6.07, 6.45) is 1.69. The normalized spacial score (nSPS) is 9.40. The number of carbonyl (C=O) groups is 1. The lowest BCUT2D eigenvalue weighted by Gasteiger charge is -2.07. The van der Waals surface area contributed by atoms with Gasteiger partial charge in [-0.2, -0.15) is 0 Å². The van der Waals surface area contributed by atoms with Crippen LogP contribution >= 0.6 is 15.9 Å². The first kappa shape index (κ1) is 16.2. The number of pyridine rings is 1. The second-order valence-corrected chi connectivity index (χ2v) is 4.82. The number of aromatic nitrogens is 1. The minimum Gasteiger partial charge on any atom is -0.398 e. The average Bonchev–Trinajstić information content (AvgIpc) is 2.46. The molecule has 0 saturated carbocycles. The smallest absolute Gasteiger partial charge is 0.258 e. The summed E-state index contributed by atoms with van der Waals surface area (Å²) < 4.78 is 0.804. The number of aryl methyl sites for hydroxylation is 1. The summed E-state index contributed by atoms with van der Waals surface area (Å²) in [6.45, 7) is 5.94. The lowest BCUT2D eigenvalue weighted by molar-refractivity contribution is 0.102. The Balaban J connectivity index is 0.000000956. The predicted molar refractivity (Wildman–Crippen MR) is 86.8 cm³/mol. The molecule has 0 atom stereocenters. The van der Waals surface area contributed by atoms with E-state index in [1.54, 1.807) is 30.5 Å². The minimum absolute atomic E-state index is 0.273. The second kappa shape index (κ2) is 7.65. The van der Waals surface area contributed by atoms with Crippen molar-refractivity contribution in [2.75, 3.05) is 11.1 Å². The first-order chi connectivity index (χ1) is 9.56. The quantitative estimate of drug-likeness (QED) is 0.814. The van der Waals surface area contributed by atoms with Gasteiger partial charge in [-0.05, 0) is 36.8 Å². The van der Waals surface area contributed by atoms with Crippen LogP contribution in [0.4, 0.5) is 11.5 Å². The molecule has 0 radical (unpaired) electrons. The first-order valence-corrected chi connectivity index (χ1v) is 7.14. The van der Waals surface area contributed by atoms with E-state index < -0.39 is 0 Å². The number of hydrogen-bond donors (Lipinski definition) is 2. The van der Waals surface area contributed by atoms with Gasteiger partial charge in [-0.3, -0.25) is 4.79 Å². The first-order valence-electron chi connectivity index (χ1n) is 6.35. The number of anilines is 2. The molecule has 0 bridgehead atoms. The van der Waals surface area contributed by atoms with Gasteiger partial charge in [-0.1, -0.05) is 35.8 Å². The fourth-order valence-electron chi connectivity index (χ4n) is 1.45. The number of halogens is 1. The number of carbonyl (C=O) groups excluding carboxylic acids is 1. The Morgan fingerprint density at radius 1 is 1.25 bits per heavy atom. The molecule has 1 amide bonds. The fourth-order valence-corrected chi connectivity index (χ4v) is 1.81. The molecule has 2 aromatic rings. The molecule has 1 aromatic carbocycles. The Labute approximate surface area is 127 Å². The molecule has 0 fully saturated rings. The van der Waals surface area contributed by atoms with Crippen LogP contribution in [0.1, 0.15) is 29.8 Å². The molecule has 0 aliphatic heterocycles. The van der Waals surface area contributed by atoms with Crippen molar-refractivity contribution in [2.45, 2.75) is 20.8 Å². The predicted octanol–water partition coefficient (Wildman–Crippen LogP) is 4.01. The van der Waals surface area contributed by atoms with Crippen LogP contribution in [-0.4, -0.2) is 10.9 Å². The Morgan fingerprint density at radius 3 is 2.55 bits per heavy atom. The Morgan fingerprint density at radius 2 is 1.95 bits per heavy atom. The number of hydrogen-bond acceptors (Lipinski definition) is 3. The number of amides is 1. The fraction of sp³-hybridized carbons (Fsp3) is 0.200. The van der Waals surface area contributed by atoms with Gasteiger partial charge >= 0.3 is 0 Å². The lowest BCUT2D eigenvalue weighted by Crippen LogP contribution is -2.14. The minimum atomic E-state index is -0.273. The monoisotopic (exact) mass is 335 g/mol. The molecule has 0 aliphatic rings. The zero-order valence-corrected chi connectivity index (χ0v) is 13.4. The van der Waals surface area contributed by atoms with Crippen molar-refractivity contribution < 1.29 is 4.79 Å². The van der Waals surface area contributed by atoms with Crippen molar-refractivity contribution in [1.29, 1.82) is 0 Å². The van der Waals surface area contributed by atoms with E-state index in [2.05, 4.69) is 26.2 Å². The molecule has 3 N–H and O–H groups in total. The molecule has 4 nitrogen and oxygen atoms in total. The van der Waals surface area contributed by atoms with Gasteiger partial charge in [0.1, 0.15) is 5.82 Å². The summed E-state index contributed by atoms with van der Waals surface area (Å²) in [6, 6.07) is 8.78. The maximum absolute atomic E-state index is 12.0. The largest absolute Gasteiger partial charge is 0.398 e. The van der Waals surface area contributed by atoms with Gasteiger partial charge in [-0.15, -0.1) is 0 Å². The molecule has 5 heteroatoms. The summed E-state index contributed by atoms with van der Waals surface area (Å²) >= 11 is 3.31. The maximum Gasteiger partial charge on any atom is 0.258 e. The Hall–Kier alpha value is -1.88. The van der Waals surface area contributed by atoms with Crippen molar-refractivity contribution >= 4 is 33.3 Å². The molecule has 1 aromatic heterocycles. The van der Waals surface area contributed by atoms with Crippen molar-refractivity contribution in [3.8, 4) is 0 Å². The van der Waals surface area contributed by atoms with E-state index in [1.165, 1.54) is 0 Å². The molecule has 0 spiro atoms. The number of rotatable bonds is 2. The number of nitrogens with two attached hydrogens (primary N) is 1. The molecule has 0 saturated heterocycles. The molecule has 2 rings (SSSR count). The van der Waals surface area contributed by atoms with E-state index in [0.29, 0.717) is 17.1 Å². The van der Waals surface area contributed by atoms with Crippen LogP contribution < -0.4 is 11.1 Å². The zero-order chi connectivity index (χ0) is 15.1. The van der Waals surface area contributed by atoms with E-state index in [0.717, 1.165) is 10.0 Å². The van der Waals surface area contributed by atoms with E-state index in [1.807, 2.05) is 26.8 Å². The van der Waals surface area contributed by atoms with Crippen molar-refractivity contribution in [2.24, 2.45) is 0 Å². The molecular weight excluding hydrogens is 318 g/mol. The number of nitrogen functional groups attached to an aromatic ring is 1. The zero-order valence-electron chi connectivity index (χ0n) is 11.8. The van der Waals surface area contributed by atoms with Crippen molar-refractivity contribution in [3.63, 3.8) is 0 Å². The highest BCUT2D eigenvalue weighted by molar-refractivity contribution is 9.10.